The Morgan fingerprint density at radius 3 is 3.00 bits per heavy atom. The number of rotatable bonds is 2. The first kappa shape index (κ1) is 9.98. The highest BCUT2D eigenvalue weighted by molar-refractivity contribution is 14.1. The molecule has 0 aliphatic heterocycles. The monoisotopic (exact) mass is 301 g/mol. The molecule has 0 fully saturated rings. The van der Waals surface area contributed by atoms with E-state index in [9.17, 15) is 0 Å². The van der Waals surface area contributed by atoms with Gasteiger partial charge in [-0.1, -0.05) is 6.92 Å². The lowest BCUT2D eigenvalue weighted by atomic mass is 10.0. The number of nitrogens with two attached hydrogens (primary N) is 1. The number of benzene rings is 1. The van der Waals surface area contributed by atoms with Crippen molar-refractivity contribution in [3.63, 3.8) is 0 Å². The summed E-state index contributed by atoms with van der Waals surface area (Å²) in [5.41, 5.74) is 7.80. The van der Waals surface area contributed by atoms with E-state index in [0.29, 0.717) is 12.5 Å². The normalized spacial score (nSPS) is 13.4. The molecule has 1 heterocycles. The Morgan fingerprint density at radius 2 is 2.29 bits per heavy atom. The molecule has 1 atom stereocenters. The summed E-state index contributed by atoms with van der Waals surface area (Å²) in [5.74, 6) is 0.358. The topological polar surface area (TPSA) is 39.2 Å². The summed E-state index contributed by atoms with van der Waals surface area (Å²) in [6.07, 6.45) is 1.82. The zero-order valence-corrected chi connectivity index (χ0v) is 10.1. The Kier molecular flexibility index (Phi) is 2.78. The fraction of sp³-hybridized carbons (Fsp3) is 0.273. The van der Waals surface area contributed by atoms with Crippen LogP contribution < -0.4 is 5.73 Å². The number of furan rings is 1. The first-order chi connectivity index (χ1) is 6.72. The lowest BCUT2D eigenvalue weighted by Gasteiger charge is -2.04. The van der Waals surface area contributed by atoms with Crippen molar-refractivity contribution in [3.8, 4) is 0 Å². The maximum absolute atomic E-state index is 5.64. The molecule has 1 aromatic carbocycles. The Labute approximate surface area is 96.6 Å². The lowest BCUT2D eigenvalue weighted by Crippen LogP contribution is -2.08. The van der Waals surface area contributed by atoms with Crippen LogP contribution in [0.2, 0.25) is 0 Å². The average Bonchev–Trinajstić information content (AvgIpc) is 2.59. The molecule has 0 bridgehead atoms. The summed E-state index contributed by atoms with van der Waals surface area (Å²) in [4.78, 5) is 0. The van der Waals surface area contributed by atoms with Gasteiger partial charge >= 0.3 is 0 Å². The highest BCUT2D eigenvalue weighted by Gasteiger charge is 2.11. The fourth-order valence-corrected chi connectivity index (χ4v) is 1.99. The zero-order valence-electron chi connectivity index (χ0n) is 7.96. The first-order valence-electron chi connectivity index (χ1n) is 4.59. The van der Waals surface area contributed by atoms with Crippen LogP contribution >= 0.6 is 22.6 Å². The van der Waals surface area contributed by atoms with Gasteiger partial charge in [0, 0.05) is 14.5 Å². The van der Waals surface area contributed by atoms with E-state index in [2.05, 4.69) is 41.6 Å². The summed E-state index contributed by atoms with van der Waals surface area (Å²) >= 11 is 2.28. The molecular weight excluding hydrogens is 289 g/mol. The van der Waals surface area contributed by atoms with Crippen molar-refractivity contribution in [2.24, 2.45) is 5.73 Å². The van der Waals surface area contributed by atoms with E-state index in [4.69, 9.17) is 10.2 Å². The molecule has 2 rings (SSSR count). The van der Waals surface area contributed by atoms with Crippen LogP contribution in [-0.4, -0.2) is 6.54 Å². The van der Waals surface area contributed by atoms with Gasteiger partial charge in [-0.15, -0.1) is 0 Å². The average molecular weight is 301 g/mol. The van der Waals surface area contributed by atoms with E-state index in [1.165, 1.54) is 14.5 Å². The molecular formula is C11H12INO. The van der Waals surface area contributed by atoms with Gasteiger partial charge in [-0.25, -0.2) is 0 Å². The standard InChI is InChI=1S/C11H12INO/c1-7(5-13)10-6-14-11-4-8(12)2-3-9(10)11/h2-4,6-7H,5,13H2,1H3. The second-order valence-corrected chi connectivity index (χ2v) is 4.71. The van der Waals surface area contributed by atoms with Crippen LogP contribution in [0, 0.1) is 3.57 Å². The molecule has 2 aromatic rings. The maximum atomic E-state index is 5.64. The maximum Gasteiger partial charge on any atom is 0.135 e. The predicted molar refractivity (Wildman–Crippen MR) is 66.4 cm³/mol. The molecule has 0 saturated carbocycles. The quantitative estimate of drug-likeness (QED) is 0.866. The largest absolute Gasteiger partial charge is 0.464 e. The molecule has 0 aliphatic carbocycles. The molecule has 2 nitrogen and oxygen atoms in total. The zero-order chi connectivity index (χ0) is 10.1. The molecule has 3 heteroatoms. The van der Waals surface area contributed by atoms with Crippen molar-refractivity contribution in [1.82, 2.24) is 0 Å². The highest BCUT2D eigenvalue weighted by Crippen LogP contribution is 2.28. The van der Waals surface area contributed by atoms with Gasteiger partial charge in [0.05, 0.1) is 6.26 Å². The Balaban J connectivity index is 2.58. The Morgan fingerprint density at radius 1 is 1.50 bits per heavy atom. The van der Waals surface area contributed by atoms with Gasteiger partial charge in [0.1, 0.15) is 5.58 Å². The molecule has 0 aliphatic rings. The van der Waals surface area contributed by atoms with Crippen molar-refractivity contribution < 1.29 is 4.42 Å². The second kappa shape index (κ2) is 3.90. The number of hydrogen-bond donors (Lipinski definition) is 1. The summed E-state index contributed by atoms with van der Waals surface area (Å²) in [7, 11) is 0. The van der Waals surface area contributed by atoms with Crippen molar-refractivity contribution in [2.45, 2.75) is 12.8 Å². The minimum atomic E-state index is 0.358. The van der Waals surface area contributed by atoms with E-state index in [1.54, 1.807) is 0 Å². The van der Waals surface area contributed by atoms with E-state index in [0.717, 1.165) is 5.58 Å². The molecule has 2 N–H and O–H groups in total. The third-order valence-corrected chi connectivity index (χ3v) is 3.12. The highest BCUT2D eigenvalue weighted by atomic mass is 127. The van der Waals surface area contributed by atoms with Gasteiger partial charge in [0.2, 0.25) is 0 Å². The number of hydrogen-bond acceptors (Lipinski definition) is 2. The molecule has 1 aromatic heterocycles. The van der Waals surface area contributed by atoms with Gasteiger partial charge in [-0.05, 0) is 53.3 Å². The lowest BCUT2D eigenvalue weighted by molar-refractivity contribution is 0.603. The predicted octanol–water partition coefficient (Wildman–Crippen LogP) is 3.10. The van der Waals surface area contributed by atoms with Crippen molar-refractivity contribution >= 4 is 33.6 Å². The second-order valence-electron chi connectivity index (χ2n) is 3.47. The van der Waals surface area contributed by atoms with Gasteiger partial charge in [-0.2, -0.15) is 0 Å². The van der Waals surface area contributed by atoms with E-state index < -0.39 is 0 Å². The fourth-order valence-electron chi connectivity index (χ4n) is 1.53. The summed E-state index contributed by atoms with van der Waals surface area (Å²) in [5, 5.41) is 1.18. The summed E-state index contributed by atoms with van der Waals surface area (Å²) in [6, 6.07) is 6.23. The Bertz CT molecular complexity index is 449. The first-order valence-corrected chi connectivity index (χ1v) is 5.67. The molecule has 0 radical (unpaired) electrons. The minimum absolute atomic E-state index is 0.358. The van der Waals surface area contributed by atoms with Gasteiger partial charge in [-0.3, -0.25) is 0 Å². The SMILES string of the molecule is CC(CN)c1coc2cc(I)ccc12. The van der Waals surface area contributed by atoms with E-state index in [1.807, 2.05) is 12.3 Å². The van der Waals surface area contributed by atoms with Crippen LogP contribution in [0.5, 0.6) is 0 Å². The molecule has 1 unspecified atom stereocenters. The van der Waals surface area contributed by atoms with E-state index in [-0.39, 0.29) is 0 Å². The van der Waals surface area contributed by atoms with Gasteiger partial charge in [0.15, 0.2) is 0 Å². The van der Waals surface area contributed by atoms with Crippen LogP contribution in [0.3, 0.4) is 0 Å². The Hall–Kier alpha value is -0.550. The number of fused-ring (bicyclic) bond motifs is 1. The van der Waals surface area contributed by atoms with Gasteiger partial charge < -0.3 is 10.2 Å². The summed E-state index contributed by atoms with van der Waals surface area (Å²) in [6.45, 7) is 2.77. The van der Waals surface area contributed by atoms with Crippen molar-refractivity contribution in [1.29, 1.82) is 0 Å². The minimum Gasteiger partial charge on any atom is -0.464 e. The molecule has 0 saturated heterocycles. The summed E-state index contributed by atoms with van der Waals surface area (Å²) < 4.78 is 6.68. The van der Waals surface area contributed by atoms with Crippen LogP contribution in [0.25, 0.3) is 11.0 Å². The van der Waals surface area contributed by atoms with Crippen LogP contribution in [0.4, 0.5) is 0 Å². The molecule has 14 heavy (non-hydrogen) atoms. The van der Waals surface area contributed by atoms with Crippen LogP contribution in [0.1, 0.15) is 18.4 Å². The third kappa shape index (κ3) is 1.66. The third-order valence-electron chi connectivity index (χ3n) is 2.45. The van der Waals surface area contributed by atoms with Crippen molar-refractivity contribution in [2.75, 3.05) is 6.54 Å². The van der Waals surface area contributed by atoms with Gasteiger partial charge in [0.25, 0.3) is 0 Å². The smallest absolute Gasteiger partial charge is 0.135 e. The number of halogens is 1. The van der Waals surface area contributed by atoms with Crippen molar-refractivity contribution in [3.05, 3.63) is 33.6 Å². The van der Waals surface area contributed by atoms with E-state index >= 15 is 0 Å². The molecule has 0 amide bonds. The van der Waals surface area contributed by atoms with Crippen LogP contribution in [-0.2, 0) is 0 Å². The van der Waals surface area contributed by atoms with Crippen LogP contribution in [0.15, 0.2) is 28.9 Å². The molecule has 74 valence electrons. The molecule has 0 spiro atoms.